The van der Waals surface area contributed by atoms with E-state index in [1.54, 1.807) is 44.2 Å². The Labute approximate surface area is 213 Å². The number of carbonyl (C=O) groups excluding carboxylic acids is 3. The maximum atomic E-state index is 13.2. The number of aromatic nitrogens is 2. The van der Waals surface area contributed by atoms with Crippen LogP contribution in [0.15, 0.2) is 42.9 Å². The number of imidazole rings is 1. The number of H-pyrrole nitrogens is 1. The highest BCUT2D eigenvalue weighted by atomic mass is 16.4. The van der Waals surface area contributed by atoms with Crippen molar-refractivity contribution in [3.8, 4) is 0 Å². The summed E-state index contributed by atoms with van der Waals surface area (Å²) in [6.07, 6.45) is 2.30. The number of carboxylic acid groups (broad SMARTS) is 2. The summed E-state index contributed by atoms with van der Waals surface area (Å²) in [5, 5.41) is 25.6. The van der Waals surface area contributed by atoms with E-state index in [1.807, 2.05) is 0 Å². The van der Waals surface area contributed by atoms with Crippen LogP contribution in [0.25, 0.3) is 0 Å². The average molecular weight is 517 g/mol. The number of rotatable bonds is 14. The molecule has 0 aliphatic rings. The van der Waals surface area contributed by atoms with Gasteiger partial charge in [-0.3, -0.25) is 19.2 Å². The van der Waals surface area contributed by atoms with Crippen LogP contribution in [-0.2, 0) is 36.8 Å². The minimum absolute atomic E-state index is 0.00404. The molecule has 13 nitrogen and oxygen atoms in total. The average Bonchev–Trinajstić information content (AvgIpc) is 3.34. The molecule has 0 radical (unpaired) electrons. The summed E-state index contributed by atoms with van der Waals surface area (Å²) in [6, 6.07) is 3.70. The molecular formula is C24H32N6O7. The van der Waals surface area contributed by atoms with Crippen molar-refractivity contribution in [2.24, 2.45) is 11.7 Å². The van der Waals surface area contributed by atoms with E-state index >= 15 is 0 Å². The van der Waals surface area contributed by atoms with Crippen molar-refractivity contribution in [2.75, 3.05) is 0 Å². The first-order valence-electron chi connectivity index (χ1n) is 11.6. The summed E-state index contributed by atoms with van der Waals surface area (Å²) in [7, 11) is 0. The summed E-state index contributed by atoms with van der Waals surface area (Å²) in [6.45, 7) is 3.40. The normalized spacial score (nSPS) is 14.2. The molecule has 4 unspecified atom stereocenters. The van der Waals surface area contributed by atoms with Gasteiger partial charge in [-0.15, -0.1) is 0 Å². The highest BCUT2D eigenvalue weighted by Gasteiger charge is 2.32. The maximum absolute atomic E-state index is 13.2. The molecule has 0 bridgehead atoms. The number of nitrogens with two attached hydrogens (primary N) is 1. The molecule has 8 N–H and O–H groups in total. The van der Waals surface area contributed by atoms with Crippen LogP contribution in [0.4, 0.5) is 0 Å². The molecule has 1 aromatic heterocycles. The third kappa shape index (κ3) is 9.37. The fourth-order valence-electron chi connectivity index (χ4n) is 3.49. The van der Waals surface area contributed by atoms with Gasteiger partial charge >= 0.3 is 11.9 Å². The number of nitrogens with one attached hydrogen (secondary N) is 4. The van der Waals surface area contributed by atoms with Gasteiger partial charge in [-0.05, 0) is 11.5 Å². The largest absolute Gasteiger partial charge is 0.481 e. The number of amides is 3. The van der Waals surface area contributed by atoms with Crippen molar-refractivity contribution >= 4 is 29.7 Å². The van der Waals surface area contributed by atoms with Gasteiger partial charge in [0, 0.05) is 24.7 Å². The smallest absolute Gasteiger partial charge is 0.326 e. The van der Waals surface area contributed by atoms with Crippen molar-refractivity contribution in [3.05, 3.63) is 54.1 Å². The lowest BCUT2D eigenvalue weighted by molar-refractivity contribution is -0.147. The molecule has 0 fully saturated rings. The highest BCUT2D eigenvalue weighted by molar-refractivity contribution is 5.95. The second kappa shape index (κ2) is 13.7. The first-order valence-corrected chi connectivity index (χ1v) is 11.6. The van der Waals surface area contributed by atoms with Crippen LogP contribution < -0.4 is 21.7 Å². The fraction of sp³-hybridized carbons (Fsp3) is 0.417. The Morgan fingerprint density at radius 3 is 2.11 bits per heavy atom. The molecule has 13 heteroatoms. The molecule has 1 aromatic carbocycles. The molecule has 2 rings (SSSR count). The molecule has 0 saturated carbocycles. The molecule has 0 aliphatic carbocycles. The standard InChI is InChI=1S/C24H32N6O7/c1-13(2)20(30-21(33)16(25)9-15-11-26-12-27-15)23(35)28-17(8-14-6-4-3-5-7-14)22(34)29-18(24(36)37)10-19(31)32/h3-7,11-13,16-18,20H,8-10,25H2,1-2H3,(H,26,27)(H,28,35)(H,29,34)(H,30,33)(H,31,32)(H,36,37). The minimum Gasteiger partial charge on any atom is -0.481 e. The predicted molar refractivity (Wildman–Crippen MR) is 131 cm³/mol. The van der Waals surface area contributed by atoms with Gasteiger partial charge in [0.15, 0.2) is 0 Å². The second-order valence-corrected chi connectivity index (χ2v) is 8.87. The van der Waals surface area contributed by atoms with Crippen molar-refractivity contribution in [1.29, 1.82) is 0 Å². The summed E-state index contributed by atoms with van der Waals surface area (Å²) < 4.78 is 0. The third-order valence-electron chi connectivity index (χ3n) is 5.49. The van der Waals surface area contributed by atoms with E-state index in [-0.39, 0.29) is 18.8 Å². The van der Waals surface area contributed by atoms with Gasteiger partial charge in [0.05, 0.1) is 18.8 Å². The van der Waals surface area contributed by atoms with Crippen molar-refractivity contribution < 1.29 is 34.2 Å². The number of benzene rings is 1. The molecule has 1 heterocycles. The van der Waals surface area contributed by atoms with Crippen molar-refractivity contribution in [3.63, 3.8) is 0 Å². The van der Waals surface area contributed by atoms with E-state index in [0.717, 1.165) is 0 Å². The van der Waals surface area contributed by atoms with E-state index in [2.05, 4.69) is 25.9 Å². The molecule has 0 saturated heterocycles. The van der Waals surface area contributed by atoms with Crippen LogP contribution in [0, 0.1) is 5.92 Å². The van der Waals surface area contributed by atoms with Gasteiger partial charge in [0.2, 0.25) is 17.7 Å². The van der Waals surface area contributed by atoms with Gasteiger partial charge in [-0.25, -0.2) is 9.78 Å². The van der Waals surface area contributed by atoms with Gasteiger partial charge in [-0.1, -0.05) is 44.2 Å². The van der Waals surface area contributed by atoms with Crippen LogP contribution in [0.1, 0.15) is 31.5 Å². The Bertz CT molecular complexity index is 1070. The Morgan fingerprint density at radius 1 is 0.919 bits per heavy atom. The summed E-state index contributed by atoms with van der Waals surface area (Å²) in [5.74, 6) is -5.47. The number of hydrogen-bond donors (Lipinski definition) is 7. The highest BCUT2D eigenvalue weighted by Crippen LogP contribution is 2.08. The monoisotopic (exact) mass is 516 g/mol. The number of aliphatic carboxylic acids is 2. The maximum Gasteiger partial charge on any atom is 0.326 e. The quantitative estimate of drug-likeness (QED) is 0.167. The third-order valence-corrected chi connectivity index (χ3v) is 5.49. The Morgan fingerprint density at radius 2 is 1.57 bits per heavy atom. The van der Waals surface area contributed by atoms with E-state index in [9.17, 15) is 29.1 Å². The SMILES string of the molecule is CC(C)C(NC(=O)C(N)Cc1cnc[nH]1)C(=O)NC(Cc1ccccc1)C(=O)NC(CC(=O)O)C(=O)O. The zero-order chi connectivity index (χ0) is 27.5. The van der Waals surface area contributed by atoms with Crippen LogP contribution in [0.5, 0.6) is 0 Å². The Kier molecular flexibility index (Phi) is 10.8. The van der Waals surface area contributed by atoms with Gasteiger partial charge < -0.3 is 36.9 Å². The first kappa shape index (κ1) is 29.0. The summed E-state index contributed by atoms with van der Waals surface area (Å²) >= 11 is 0. The van der Waals surface area contributed by atoms with Gasteiger partial charge in [0.25, 0.3) is 0 Å². The Hall–Kier alpha value is -4.26. The number of aromatic amines is 1. The fourth-order valence-corrected chi connectivity index (χ4v) is 3.49. The lowest BCUT2D eigenvalue weighted by atomic mass is 10.00. The predicted octanol–water partition coefficient (Wildman–Crippen LogP) is -0.808. The van der Waals surface area contributed by atoms with Gasteiger partial charge in [0.1, 0.15) is 18.1 Å². The van der Waals surface area contributed by atoms with Crippen LogP contribution in [-0.4, -0.2) is 74.0 Å². The molecule has 200 valence electrons. The molecule has 0 spiro atoms. The number of carboxylic acids is 2. The van der Waals surface area contributed by atoms with E-state index in [4.69, 9.17) is 10.8 Å². The number of hydrogen-bond acceptors (Lipinski definition) is 7. The summed E-state index contributed by atoms with van der Waals surface area (Å²) in [4.78, 5) is 68.0. The second-order valence-electron chi connectivity index (χ2n) is 8.87. The lowest BCUT2D eigenvalue weighted by Gasteiger charge is -2.27. The van der Waals surface area contributed by atoms with Crippen LogP contribution >= 0.6 is 0 Å². The molecule has 3 amide bonds. The lowest BCUT2D eigenvalue weighted by Crippen LogP contribution is -2.59. The zero-order valence-corrected chi connectivity index (χ0v) is 20.5. The van der Waals surface area contributed by atoms with E-state index in [0.29, 0.717) is 11.3 Å². The van der Waals surface area contributed by atoms with Crippen molar-refractivity contribution in [2.45, 2.75) is 57.3 Å². The molecule has 2 aromatic rings. The molecular weight excluding hydrogens is 484 g/mol. The zero-order valence-electron chi connectivity index (χ0n) is 20.5. The molecule has 4 atom stereocenters. The number of nitrogens with zero attached hydrogens (tertiary/aromatic N) is 1. The summed E-state index contributed by atoms with van der Waals surface area (Å²) in [5.41, 5.74) is 7.28. The van der Waals surface area contributed by atoms with Gasteiger partial charge in [-0.2, -0.15) is 0 Å². The van der Waals surface area contributed by atoms with Crippen molar-refractivity contribution in [1.82, 2.24) is 25.9 Å². The van der Waals surface area contributed by atoms with Crippen LogP contribution in [0.3, 0.4) is 0 Å². The molecule has 37 heavy (non-hydrogen) atoms. The Balaban J connectivity index is 2.17. The number of carbonyl (C=O) groups is 5. The first-order chi connectivity index (χ1) is 17.5. The molecule has 0 aliphatic heterocycles. The minimum atomic E-state index is -1.69. The topological polar surface area (TPSA) is 217 Å². The van der Waals surface area contributed by atoms with E-state index in [1.165, 1.54) is 12.5 Å². The van der Waals surface area contributed by atoms with Crippen LogP contribution in [0.2, 0.25) is 0 Å². The van der Waals surface area contributed by atoms with E-state index < -0.39 is 60.2 Å².